The van der Waals surface area contributed by atoms with Crippen LogP contribution >= 0.6 is 0 Å². The molecule has 1 aromatic carbocycles. The van der Waals surface area contributed by atoms with E-state index in [4.69, 9.17) is 4.74 Å². The highest BCUT2D eigenvalue weighted by atomic mass is 32.2. The number of aromatic nitrogens is 2. The number of rotatable bonds is 8. The van der Waals surface area contributed by atoms with Gasteiger partial charge in [-0.2, -0.15) is 5.10 Å². The van der Waals surface area contributed by atoms with Crippen LogP contribution in [0.1, 0.15) is 12.0 Å². The summed E-state index contributed by atoms with van der Waals surface area (Å²) < 4.78 is 33.1. The summed E-state index contributed by atoms with van der Waals surface area (Å²) in [4.78, 5) is 0.177. The maximum atomic E-state index is 12.1. The van der Waals surface area contributed by atoms with E-state index in [1.54, 1.807) is 11.8 Å². The first-order valence-corrected chi connectivity index (χ1v) is 8.15. The van der Waals surface area contributed by atoms with Crippen LogP contribution in [0.2, 0.25) is 0 Å². The van der Waals surface area contributed by atoms with E-state index in [1.165, 1.54) is 12.4 Å². The molecule has 0 aliphatic heterocycles. The van der Waals surface area contributed by atoms with Crippen LogP contribution in [0.3, 0.4) is 0 Å². The average Bonchev–Trinajstić information content (AvgIpc) is 2.94. The molecule has 0 saturated heterocycles. The van der Waals surface area contributed by atoms with E-state index in [-0.39, 0.29) is 4.90 Å². The minimum atomic E-state index is -3.50. The molecule has 0 bridgehead atoms. The molecule has 1 N–H and O–H groups in total. The summed E-state index contributed by atoms with van der Waals surface area (Å²) in [6.45, 7) is 1.41. The van der Waals surface area contributed by atoms with Crippen LogP contribution in [0.15, 0.2) is 47.6 Å². The van der Waals surface area contributed by atoms with Crippen LogP contribution in [0.4, 0.5) is 0 Å². The van der Waals surface area contributed by atoms with E-state index in [0.29, 0.717) is 26.1 Å². The topological polar surface area (TPSA) is 73.2 Å². The fourth-order valence-corrected chi connectivity index (χ4v) is 2.87. The van der Waals surface area contributed by atoms with Crippen molar-refractivity contribution in [2.75, 3.05) is 20.3 Å². The SMILES string of the molecule is COCCCNS(=O)(=O)c1cnn(Cc2ccccc2)c1. The molecular formula is C14H19N3O3S. The van der Waals surface area contributed by atoms with Crippen LogP contribution in [-0.2, 0) is 21.3 Å². The van der Waals surface area contributed by atoms with Crippen molar-refractivity contribution in [2.45, 2.75) is 17.9 Å². The van der Waals surface area contributed by atoms with Gasteiger partial charge in [-0.15, -0.1) is 0 Å². The highest BCUT2D eigenvalue weighted by molar-refractivity contribution is 7.89. The first-order valence-electron chi connectivity index (χ1n) is 6.67. The van der Waals surface area contributed by atoms with Crippen molar-refractivity contribution in [2.24, 2.45) is 0 Å². The monoisotopic (exact) mass is 309 g/mol. The highest BCUT2D eigenvalue weighted by Crippen LogP contribution is 2.09. The van der Waals surface area contributed by atoms with Gasteiger partial charge in [-0.3, -0.25) is 4.68 Å². The summed E-state index contributed by atoms with van der Waals surface area (Å²) in [5, 5.41) is 4.09. The van der Waals surface area contributed by atoms with Gasteiger partial charge in [0.05, 0.1) is 12.7 Å². The van der Waals surface area contributed by atoms with Crippen LogP contribution in [-0.4, -0.2) is 38.5 Å². The van der Waals surface area contributed by atoms with Gasteiger partial charge in [0.1, 0.15) is 4.90 Å². The maximum Gasteiger partial charge on any atom is 0.243 e. The van der Waals surface area contributed by atoms with E-state index in [1.807, 2.05) is 30.3 Å². The molecule has 0 amide bonds. The van der Waals surface area contributed by atoms with Gasteiger partial charge in [-0.25, -0.2) is 13.1 Å². The first-order chi connectivity index (χ1) is 10.1. The Morgan fingerprint density at radius 2 is 2.05 bits per heavy atom. The number of ether oxygens (including phenoxy) is 1. The highest BCUT2D eigenvalue weighted by Gasteiger charge is 2.15. The van der Waals surface area contributed by atoms with Crippen LogP contribution in [0.5, 0.6) is 0 Å². The Morgan fingerprint density at radius 1 is 1.29 bits per heavy atom. The standard InChI is InChI=1S/C14H19N3O3S/c1-20-9-5-8-16-21(18,19)14-10-15-17(12-14)11-13-6-3-2-4-7-13/h2-4,6-7,10,12,16H,5,8-9,11H2,1H3. The summed E-state index contributed by atoms with van der Waals surface area (Å²) in [6.07, 6.45) is 3.53. The zero-order valence-electron chi connectivity index (χ0n) is 11.9. The summed E-state index contributed by atoms with van der Waals surface area (Å²) in [5.41, 5.74) is 1.07. The number of hydrogen-bond acceptors (Lipinski definition) is 4. The summed E-state index contributed by atoms with van der Waals surface area (Å²) >= 11 is 0. The molecule has 1 heterocycles. The number of benzene rings is 1. The lowest BCUT2D eigenvalue weighted by molar-refractivity contribution is 0.196. The van der Waals surface area contributed by atoms with Gasteiger partial charge in [-0.05, 0) is 12.0 Å². The van der Waals surface area contributed by atoms with Gasteiger partial charge in [0.25, 0.3) is 0 Å². The van der Waals surface area contributed by atoms with E-state index in [2.05, 4.69) is 9.82 Å². The smallest absolute Gasteiger partial charge is 0.243 e. The minimum absolute atomic E-state index is 0.177. The average molecular weight is 309 g/mol. The van der Waals surface area contributed by atoms with Gasteiger partial charge in [0.2, 0.25) is 10.0 Å². The normalized spacial score (nSPS) is 11.7. The van der Waals surface area contributed by atoms with E-state index in [0.717, 1.165) is 5.56 Å². The predicted octanol–water partition coefficient (Wildman–Crippen LogP) is 1.25. The summed E-state index contributed by atoms with van der Waals surface area (Å²) in [6, 6.07) is 9.76. The third-order valence-corrected chi connectivity index (χ3v) is 4.34. The Bertz CT molecular complexity index is 653. The van der Waals surface area contributed by atoms with Gasteiger partial charge in [-0.1, -0.05) is 30.3 Å². The Kier molecular flexibility index (Phi) is 5.49. The second-order valence-corrected chi connectivity index (χ2v) is 6.37. The van der Waals surface area contributed by atoms with Crippen molar-refractivity contribution in [3.05, 3.63) is 48.3 Å². The second-order valence-electron chi connectivity index (χ2n) is 4.60. The largest absolute Gasteiger partial charge is 0.385 e. The molecule has 7 heteroatoms. The second kappa shape index (κ2) is 7.35. The van der Waals surface area contributed by atoms with Crippen molar-refractivity contribution in [1.29, 1.82) is 0 Å². The molecular weight excluding hydrogens is 290 g/mol. The van der Waals surface area contributed by atoms with E-state index >= 15 is 0 Å². The van der Waals surface area contributed by atoms with Crippen molar-refractivity contribution in [3.8, 4) is 0 Å². The third-order valence-electron chi connectivity index (χ3n) is 2.92. The number of methoxy groups -OCH3 is 1. The number of nitrogens with one attached hydrogen (secondary N) is 1. The Morgan fingerprint density at radius 3 is 2.76 bits per heavy atom. The van der Waals surface area contributed by atoms with Crippen molar-refractivity contribution < 1.29 is 13.2 Å². The molecule has 21 heavy (non-hydrogen) atoms. The van der Waals surface area contributed by atoms with Crippen molar-refractivity contribution >= 4 is 10.0 Å². The molecule has 0 aliphatic rings. The summed E-state index contributed by atoms with van der Waals surface area (Å²) in [5.74, 6) is 0. The Balaban J connectivity index is 1.98. The van der Waals surface area contributed by atoms with Gasteiger partial charge < -0.3 is 4.74 Å². The number of hydrogen-bond donors (Lipinski definition) is 1. The zero-order chi connectivity index (χ0) is 15.1. The van der Waals surface area contributed by atoms with Crippen LogP contribution in [0, 0.1) is 0 Å². The molecule has 114 valence electrons. The van der Waals surface area contributed by atoms with E-state index in [9.17, 15) is 8.42 Å². The fraction of sp³-hybridized carbons (Fsp3) is 0.357. The van der Waals surface area contributed by atoms with Gasteiger partial charge >= 0.3 is 0 Å². The molecule has 0 spiro atoms. The fourth-order valence-electron chi connectivity index (χ4n) is 1.85. The molecule has 2 aromatic rings. The molecule has 0 saturated carbocycles. The quantitative estimate of drug-likeness (QED) is 0.745. The predicted molar refractivity (Wildman–Crippen MR) is 79.5 cm³/mol. The van der Waals surface area contributed by atoms with E-state index < -0.39 is 10.0 Å². The lowest BCUT2D eigenvalue weighted by Gasteiger charge is -2.04. The maximum absolute atomic E-state index is 12.1. The first kappa shape index (κ1) is 15.7. The zero-order valence-corrected chi connectivity index (χ0v) is 12.7. The van der Waals surface area contributed by atoms with Crippen LogP contribution < -0.4 is 4.72 Å². The lowest BCUT2D eigenvalue weighted by atomic mass is 10.2. The number of sulfonamides is 1. The van der Waals surface area contributed by atoms with Gasteiger partial charge in [0.15, 0.2) is 0 Å². The molecule has 0 fully saturated rings. The lowest BCUT2D eigenvalue weighted by Crippen LogP contribution is -2.25. The van der Waals surface area contributed by atoms with Crippen molar-refractivity contribution in [3.63, 3.8) is 0 Å². The minimum Gasteiger partial charge on any atom is -0.385 e. The molecule has 2 rings (SSSR count). The molecule has 0 unspecified atom stereocenters. The van der Waals surface area contributed by atoms with Gasteiger partial charge in [0, 0.05) is 26.5 Å². The van der Waals surface area contributed by atoms with Crippen LogP contribution in [0.25, 0.3) is 0 Å². The molecule has 0 atom stereocenters. The molecule has 0 aliphatic carbocycles. The molecule has 6 nitrogen and oxygen atoms in total. The Hall–Kier alpha value is -1.70. The molecule has 1 aromatic heterocycles. The van der Waals surface area contributed by atoms with Crippen molar-refractivity contribution in [1.82, 2.24) is 14.5 Å². The summed E-state index contributed by atoms with van der Waals surface area (Å²) in [7, 11) is -1.92. The molecule has 0 radical (unpaired) electrons. The third kappa shape index (κ3) is 4.66. The Labute approximate surface area is 124 Å². The number of nitrogens with zero attached hydrogens (tertiary/aromatic N) is 2.